The second-order valence-corrected chi connectivity index (χ2v) is 8.99. The molecule has 0 aromatic heterocycles. The fourth-order valence-electron chi connectivity index (χ4n) is 3.97. The topological polar surface area (TPSA) is 15.6 Å². The number of rotatable bonds is 4. The highest BCUT2D eigenvalue weighted by atomic mass is 127. The van der Waals surface area contributed by atoms with E-state index in [0.717, 1.165) is 34.3 Å². The van der Waals surface area contributed by atoms with E-state index in [1.807, 2.05) is 30.3 Å². The fraction of sp³-hybridized carbons (Fsp3) is 0.409. The lowest BCUT2D eigenvalue weighted by molar-refractivity contribution is 0.375. The third kappa shape index (κ3) is 3.95. The third-order valence-electron chi connectivity index (χ3n) is 5.11. The van der Waals surface area contributed by atoms with Crippen LogP contribution in [0, 0.1) is 9.39 Å². The van der Waals surface area contributed by atoms with Gasteiger partial charge in [0.05, 0.1) is 5.69 Å². The van der Waals surface area contributed by atoms with E-state index >= 15 is 0 Å². The molecule has 0 N–H and O–H groups in total. The molecule has 138 valence electrons. The van der Waals surface area contributed by atoms with Gasteiger partial charge < -0.3 is 4.90 Å². The number of hydrogen-bond acceptors (Lipinski definition) is 2. The summed E-state index contributed by atoms with van der Waals surface area (Å²) < 4.78 is 16.0. The zero-order valence-corrected chi connectivity index (χ0v) is 18.0. The van der Waals surface area contributed by atoms with Crippen molar-refractivity contribution in [2.75, 3.05) is 11.4 Å². The Balaban J connectivity index is 2.00. The van der Waals surface area contributed by atoms with Gasteiger partial charge in [0.1, 0.15) is 5.82 Å². The summed E-state index contributed by atoms with van der Waals surface area (Å²) in [6.45, 7) is 9.87. The van der Waals surface area contributed by atoms with Crippen LogP contribution >= 0.6 is 22.6 Å². The van der Waals surface area contributed by atoms with Gasteiger partial charge in [-0.15, -0.1) is 0 Å². The van der Waals surface area contributed by atoms with Crippen LogP contribution < -0.4 is 4.90 Å². The molecule has 1 unspecified atom stereocenters. The van der Waals surface area contributed by atoms with Crippen LogP contribution in [0.15, 0.2) is 41.4 Å². The summed E-state index contributed by atoms with van der Waals surface area (Å²) in [5, 5.41) is 0. The highest BCUT2D eigenvalue weighted by molar-refractivity contribution is 14.1. The lowest BCUT2D eigenvalue weighted by Gasteiger charge is -2.47. The lowest BCUT2D eigenvalue weighted by Crippen LogP contribution is -2.48. The van der Waals surface area contributed by atoms with Gasteiger partial charge in [-0.2, -0.15) is 0 Å². The SMILES string of the molecule is CCCN1c2cc(F)c(C=Nc3cccc(I)c3)cc2C(C)CC1(C)C. The molecule has 1 aliphatic rings. The molecule has 0 fully saturated rings. The smallest absolute Gasteiger partial charge is 0.134 e. The van der Waals surface area contributed by atoms with Gasteiger partial charge in [-0.25, -0.2) is 4.39 Å². The second kappa shape index (κ2) is 7.67. The minimum Gasteiger partial charge on any atom is -0.366 e. The molecule has 0 radical (unpaired) electrons. The van der Waals surface area contributed by atoms with E-state index in [0.29, 0.717) is 11.5 Å². The highest BCUT2D eigenvalue weighted by Crippen LogP contribution is 2.44. The van der Waals surface area contributed by atoms with E-state index in [4.69, 9.17) is 0 Å². The molecule has 2 aromatic rings. The van der Waals surface area contributed by atoms with E-state index in [-0.39, 0.29) is 11.4 Å². The minimum atomic E-state index is -0.205. The van der Waals surface area contributed by atoms with Crippen molar-refractivity contribution < 1.29 is 4.39 Å². The molecule has 0 aliphatic carbocycles. The van der Waals surface area contributed by atoms with E-state index < -0.39 is 0 Å². The first-order valence-corrected chi connectivity index (χ1v) is 10.3. The van der Waals surface area contributed by atoms with Crippen LogP contribution in [0.3, 0.4) is 0 Å². The number of nitrogens with zero attached hydrogens (tertiary/aromatic N) is 2. The van der Waals surface area contributed by atoms with Gasteiger partial charge >= 0.3 is 0 Å². The van der Waals surface area contributed by atoms with E-state index in [1.165, 1.54) is 5.56 Å². The molecule has 0 amide bonds. The monoisotopic (exact) mass is 464 g/mol. The summed E-state index contributed by atoms with van der Waals surface area (Å²) in [7, 11) is 0. The van der Waals surface area contributed by atoms with E-state index in [2.05, 4.69) is 60.2 Å². The van der Waals surface area contributed by atoms with Crippen molar-refractivity contribution in [1.29, 1.82) is 0 Å². The predicted octanol–water partition coefficient (Wildman–Crippen LogP) is 6.68. The Kier molecular flexibility index (Phi) is 5.70. The maximum absolute atomic E-state index is 14.8. The number of hydrogen-bond donors (Lipinski definition) is 0. The van der Waals surface area contributed by atoms with Gasteiger partial charge in [-0.05, 0) is 91.1 Å². The summed E-state index contributed by atoms with van der Waals surface area (Å²) in [5.74, 6) is 0.197. The maximum Gasteiger partial charge on any atom is 0.134 e. The van der Waals surface area contributed by atoms with Gasteiger partial charge in [0.25, 0.3) is 0 Å². The van der Waals surface area contributed by atoms with Gasteiger partial charge in [0.15, 0.2) is 0 Å². The zero-order chi connectivity index (χ0) is 18.9. The Morgan fingerprint density at radius 3 is 2.77 bits per heavy atom. The molecule has 0 spiro atoms. The Hall–Kier alpha value is -1.43. The van der Waals surface area contributed by atoms with Crippen molar-refractivity contribution in [1.82, 2.24) is 0 Å². The first-order chi connectivity index (χ1) is 12.3. The number of benzene rings is 2. The van der Waals surface area contributed by atoms with Crippen LogP contribution in [0.2, 0.25) is 0 Å². The van der Waals surface area contributed by atoms with Crippen molar-refractivity contribution in [3.8, 4) is 0 Å². The minimum absolute atomic E-state index is 0.0468. The standard InChI is InChI=1S/C22H26FIN2/c1-5-9-26-21-12-20(23)16(10-19(21)15(2)13-22(26,3)4)14-25-18-8-6-7-17(24)11-18/h6-8,10-12,14-15H,5,9,13H2,1-4H3. The van der Waals surface area contributed by atoms with Crippen LogP contribution in [-0.4, -0.2) is 18.3 Å². The average molecular weight is 464 g/mol. The van der Waals surface area contributed by atoms with Crippen LogP contribution in [0.4, 0.5) is 15.8 Å². The van der Waals surface area contributed by atoms with E-state index in [9.17, 15) is 4.39 Å². The summed E-state index contributed by atoms with van der Waals surface area (Å²) >= 11 is 2.26. The molecule has 1 aliphatic heterocycles. The van der Waals surface area contributed by atoms with Crippen molar-refractivity contribution >= 4 is 40.2 Å². The molecule has 26 heavy (non-hydrogen) atoms. The molecule has 2 nitrogen and oxygen atoms in total. The molecule has 2 aromatic carbocycles. The predicted molar refractivity (Wildman–Crippen MR) is 118 cm³/mol. The Bertz CT molecular complexity index is 829. The van der Waals surface area contributed by atoms with Crippen LogP contribution in [0.5, 0.6) is 0 Å². The summed E-state index contributed by atoms with van der Waals surface area (Å²) in [6, 6.07) is 11.6. The van der Waals surface area contributed by atoms with Crippen molar-refractivity contribution in [3.05, 3.63) is 56.9 Å². The Labute approximate surface area is 169 Å². The Morgan fingerprint density at radius 2 is 2.08 bits per heavy atom. The molecule has 0 bridgehead atoms. The maximum atomic E-state index is 14.8. The molecule has 1 heterocycles. The van der Waals surface area contributed by atoms with Crippen LogP contribution in [-0.2, 0) is 0 Å². The first-order valence-electron chi connectivity index (χ1n) is 9.22. The van der Waals surface area contributed by atoms with Gasteiger partial charge in [0, 0.05) is 33.1 Å². The average Bonchev–Trinajstić information content (AvgIpc) is 2.57. The highest BCUT2D eigenvalue weighted by Gasteiger charge is 2.36. The third-order valence-corrected chi connectivity index (χ3v) is 5.78. The number of fused-ring (bicyclic) bond motifs is 1. The quantitative estimate of drug-likeness (QED) is 0.364. The molecule has 1 atom stereocenters. The van der Waals surface area contributed by atoms with Crippen molar-refractivity contribution in [2.24, 2.45) is 4.99 Å². The van der Waals surface area contributed by atoms with Gasteiger partial charge in [-0.1, -0.05) is 19.9 Å². The number of anilines is 1. The lowest BCUT2D eigenvalue weighted by atomic mass is 9.79. The molecule has 0 saturated heterocycles. The molecule has 4 heteroatoms. The fourth-order valence-corrected chi connectivity index (χ4v) is 4.49. The summed E-state index contributed by atoms with van der Waals surface area (Å²) in [4.78, 5) is 6.84. The van der Waals surface area contributed by atoms with Gasteiger partial charge in [-0.3, -0.25) is 4.99 Å². The van der Waals surface area contributed by atoms with Crippen molar-refractivity contribution in [3.63, 3.8) is 0 Å². The number of aliphatic imine (C=N–C) groups is 1. The zero-order valence-electron chi connectivity index (χ0n) is 15.9. The molecule has 0 saturated carbocycles. The second-order valence-electron chi connectivity index (χ2n) is 7.74. The van der Waals surface area contributed by atoms with Crippen LogP contribution in [0.25, 0.3) is 0 Å². The van der Waals surface area contributed by atoms with E-state index in [1.54, 1.807) is 12.3 Å². The number of halogens is 2. The summed E-state index contributed by atoms with van der Waals surface area (Å²) in [5.41, 5.74) is 3.72. The van der Waals surface area contributed by atoms with Crippen LogP contribution in [0.1, 0.15) is 57.6 Å². The van der Waals surface area contributed by atoms with Crippen molar-refractivity contribution in [2.45, 2.75) is 52.0 Å². The Morgan fingerprint density at radius 1 is 1.31 bits per heavy atom. The first kappa shape index (κ1) is 19.3. The largest absolute Gasteiger partial charge is 0.366 e. The normalized spacial score (nSPS) is 19.0. The molecule has 3 rings (SSSR count). The summed E-state index contributed by atoms with van der Waals surface area (Å²) in [6.07, 6.45) is 3.77. The molecular weight excluding hydrogens is 438 g/mol. The van der Waals surface area contributed by atoms with Gasteiger partial charge in [0.2, 0.25) is 0 Å². The molecular formula is C22H26FIN2.